The van der Waals surface area contributed by atoms with Crippen LogP contribution in [-0.4, -0.2) is 54.7 Å². The Morgan fingerprint density at radius 2 is 1.50 bits per heavy atom. The monoisotopic (exact) mass is 372 g/mol. The van der Waals surface area contributed by atoms with E-state index in [1.54, 1.807) is 20.8 Å². The van der Waals surface area contributed by atoms with Crippen molar-refractivity contribution in [3.63, 3.8) is 0 Å². The molecule has 1 N–H and O–H groups in total. The Bertz CT molecular complexity index is 483. The molecule has 0 aliphatic rings. The smallest absolute Gasteiger partial charge is 0.410 e. The van der Waals surface area contributed by atoms with E-state index in [1.165, 1.54) is 19.1 Å². The van der Waals surface area contributed by atoms with Crippen LogP contribution in [0, 0.1) is 11.8 Å². The first-order chi connectivity index (χ1) is 11.8. The van der Waals surface area contributed by atoms with Crippen molar-refractivity contribution in [1.82, 2.24) is 10.2 Å². The number of carbonyl (C=O) groups is 3. The van der Waals surface area contributed by atoms with Gasteiger partial charge in [-0.2, -0.15) is 0 Å². The lowest BCUT2D eigenvalue weighted by molar-refractivity contribution is -0.146. The van der Waals surface area contributed by atoms with Gasteiger partial charge in [0.25, 0.3) is 0 Å². The summed E-state index contributed by atoms with van der Waals surface area (Å²) in [5.41, 5.74) is -0.656. The minimum atomic E-state index is -0.741. The summed E-state index contributed by atoms with van der Waals surface area (Å²) < 4.78 is 10.2. The standard InChI is InChI=1S/C19H36N2O5/c1-12(2)10-14(17(23)25-9)20-16(22)15(11-13(3)4)21(8)18(24)26-19(5,6)7/h12-15H,10-11H2,1-9H3,(H,20,22)/t14-,15+/m0/s1. The summed E-state index contributed by atoms with van der Waals surface area (Å²) in [6.45, 7) is 13.2. The van der Waals surface area contributed by atoms with E-state index < -0.39 is 29.7 Å². The number of amides is 2. The number of rotatable bonds is 8. The van der Waals surface area contributed by atoms with Gasteiger partial charge in [0.15, 0.2) is 0 Å². The molecule has 0 unspecified atom stereocenters. The molecule has 0 fully saturated rings. The van der Waals surface area contributed by atoms with Gasteiger partial charge in [0.2, 0.25) is 5.91 Å². The van der Waals surface area contributed by atoms with Crippen molar-refractivity contribution in [2.45, 2.75) is 79.0 Å². The van der Waals surface area contributed by atoms with Crippen LogP contribution in [0.1, 0.15) is 61.3 Å². The molecule has 26 heavy (non-hydrogen) atoms. The van der Waals surface area contributed by atoms with Gasteiger partial charge < -0.3 is 14.8 Å². The number of ether oxygens (including phenoxy) is 2. The predicted octanol–water partition coefficient (Wildman–Crippen LogP) is 2.97. The summed E-state index contributed by atoms with van der Waals surface area (Å²) in [6.07, 6.45) is 0.344. The molecule has 0 rings (SSSR count). The van der Waals surface area contributed by atoms with Gasteiger partial charge in [-0.1, -0.05) is 27.7 Å². The number of carbonyl (C=O) groups excluding carboxylic acids is 3. The number of esters is 1. The molecule has 0 aromatic rings. The second kappa shape index (κ2) is 10.4. The summed E-state index contributed by atoms with van der Waals surface area (Å²) in [5, 5.41) is 2.74. The van der Waals surface area contributed by atoms with Gasteiger partial charge in [-0.3, -0.25) is 9.69 Å². The molecule has 0 aromatic carbocycles. The fourth-order valence-corrected chi connectivity index (χ4v) is 2.44. The van der Waals surface area contributed by atoms with Gasteiger partial charge in [0, 0.05) is 7.05 Å². The average molecular weight is 373 g/mol. The normalized spacial score (nSPS) is 14.0. The Labute approximate surface area is 157 Å². The Morgan fingerprint density at radius 3 is 1.88 bits per heavy atom. The molecule has 0 saturated carbocycles. The minimum Gasteiger partial charge on any atom is -0.467 e. The van der Waals surface area contributed by atoms with Crippen LogP contribution in [0.3, 0.4) is 0 Å². The Balaban J connectivity index is 5.34. The summed E-state index contributed by atoms with van der Waals surface area (Å²) in [4.78, 5) is 38.5. The predicted molar refractivity (Wildman–Crippen MR) is 101 cm³/mol. The third-order valence-corrected chi connectivity index (χ3v) is 3.66. The van der Waals surface area contributed by atoms with Crippen LogP contribution < -0.4 is 5.32 Å². The first-order valence-electron chi connectivity index (χ1n) is 9.12. The van der Waals surface area contributed by atoms with Gasteiger partial charge in [-0.15, -0.1) is 0 Å². The highest BCUT2D eigenvalue weighted by atomic mass is 16.6. The molecule has 7 nitrogen and oxygen atoms in total. The van der Waals surface area contributed by atoms with E-state index in [-0.39, 0.29) is 17.7 Å². The van der Waals surface area contributed by atoms with E-state index in [0.29, 0.717) is 12.8 Å². The summed E-state index contributed by atoms with van der Waals surface area (Å²) >= 11 is 0. The van der Waals surface area contributed by atoms with Crippen LogP contribution in [0.4, 0.5) is 4.79 Å². The first kappa shape index (κ1) is 24.2. The maximum absolute atomic E-state index is 12.8. The molecular formula is C19H36N2O5. The van der Waals surface area contributed by atoms with E-state index >= 15 is 0 Å². The highest BCUT2D eigenvalue weighted by Gasteiger charge is 2.33. The molecule has 0 radical (unpaired) electrons. The molecule has 7 heteroatoms. The van der Waals surface area contributed by atoms with Crippen LogP contribution >= 0.6 is 0 Å². The maximum Gasteiger partial charge on any atom is 0.410 e. The first-order valence-corrected chi connectivity index (χ1v) is 9.12. The van der Waals surface area contributed by atoms with E-state index in [0.717, 1.165) is 0 Å². The van der Waals surface area contributed by atoms with E-state index in [2.05, 4.69) is 5.32 Å². The van der Waals surface area contributed by atoms with Crippen molar-refractivity contribution in [1.29, 1.82) is 0 Å². The third-order valence-electron chi connectivity index (χ3n) is 3.66. The van der Waals surface area contributed by atoms with Crippen molar-refractivity contribution in [2.75, 3.05) is 14.2 Å². The molecule has 0 aromatic heterocycles. The maximum atomic E-state index is 12.8. The second-order valence-electron chi connectivity index (χ2n) is 8.45. The lowest BCUT2D eigenvalue weighted by atomic mass is 10.00. The molecular weight excluding hydrogens is 336 g/mol. The van der Waals surface area contributed by atoms with Crippen molar-refractivity contribution >= 4 is 18.0 Å². The molecule has 0 saturated heterocycles. The summed E-state index contributed by atoms with van der Waals surface area (Å²) in [6, 6.07) is -1.47. The molecule has 152 valence electrons. The van der Waals surface area contributed by atoms with Crippen molar-refractivity contribution in [2.24, 2.45) is 11.8 Å². The molecule has 2 amide bonds. The number of methoxy groups -OCH3 is 1. The van der Waals surface area contributed by atoms with E-state index in [9.17, 15) is 14.4 Å². The Kier molecular flexibility index (Phi) is 9.67. The Morgan fingerprint density at radius 1 is 1.00 bits per heavy atom. The zero-order chi connectivity index (χ0) is 20.7. The fraction of sp³-hybridized carbons (Fsp3) is 0.842. The third kappa shape index (κ3) is 9.06. The highest BCUT2D eigenvalue weighted by molar-refractivity contribution is 5.89. The topological polar surface area (TPSA) is 84.9 Å². The van der Waals surface area contributed by atoms with Gasteiger partial charge >= 0.3 is 12.1 Å². The van der Waals surface area contributed by atoms with Crippen LogP contribution in [0.2, 0.25) is 0 Å². The lowest BCUT2D eigenvalue weighted by Gasteiger charge is -2.32. The van der Waals surface area contributed by atoms with E-state index in [1.807, 2.05) is 27.7 Å². The molecule has 0 heterocycles. The van der Waals surface area contributed by atoms with Gasteiger partial charge in [0.05, 0.1) is 7.11 Å². The molecule has 0 aliphatic heterocycles. The molecule has 0 spiro atoms. The van der Waals surface area contributed by atoms with Crippen LogP contribution in [0.15, 0.2) is 0 Å². The van der Waals surface area contributed by atoms with E-state index in [4.69, 9.17) is 9.47 Å². The minimum absolute atomic E-state index is 0.178. The van der Waals surface area contributed by atoms with Gasteiger partial charge in [-0.25, -0.2) is 9.59 Å². The number of nitrogens with zero attached hydrogens (tertiary/aromatic N) is 1. The lowest BCUT2D eigenvalue weighted by Crippen LogP contribution is -2.53. The van der Waals surface area contributed by atoms with Crippen molar-refractivity contribution in [3.8, 4) is 0 Å². The zero-order valence-corrected chi connectivity index (χ0v) is 17.7. The number of hydrogen-bond donors (Lipinski definition) is 1. The van der Waals surface area contributed by atoms with Crippen LogP contribution in [0.5, 0.6) is 0 Å². The SMILES string of the molecule is COC(=O)[C@H](CC(C)C)NC(=O)[C@@H](CC(C)C)N(C)C(=O)OC(C)(C)C. The Hall–Kier alpha value is -1.79. The second-order valence-corrected chi connectivity index (χ2v) is 8.45. The molecule has 0 bridgehead atoms. The van der Waals surface area contributed by atoms with Crippen LogP contribution in [-0.2, 0) is 19.1 Å². The zero-order valence-electron chi connectivity index (χ0n) is 17.7. The highest BCUT2D eigenvalue weighted by Crippen LogP contribution is 2.16. The quantitative estimate of drug-likeness (QED) is 0.662. The number of nitrogens with one attached hydrogen (secondary N) is 1. The average Bonchev–Trinajstić information content (AvgIpc) is 2.47. The van der Waals surface area contributed by atoms with Crippen LogP contribution in [0.25, 0.3) is 0 Å². The number of hydrogen-bond acceptors (Lipinski definition) is 5. The van der Waals surface area contributed by atoms with Gasteiger partial charge in [-0.05, 0) is 45.4 Å². The number of likely N-dealkylation sites (N-methyl/N-ethyl adjacent to an activating group) is 1. The van der Waals surface area contributed by atoms with Gasteiger partial charge in [0.1, 0.15) is 17.7 Å². The molecule has 0 aliphatic carbocycles. The van der Waals surface area contributed by atoms with Crippen molar-refractivity contribution < 1.29 is 23.9 Å². The molecule has 2 atom stereocenters. The summed E-state index contributed by atoms with van der Waals surface area (Å²) in [7, 11) is 2.83. The summed E-state index contributed by atoms with van der Waals surface area (Å²) in [5.74, 6) is -0.498. The largest absolute Gasteiger partial charge is 0.467 e. The van der Waals surface area contributed by atoms with Crippen molar-refractivity contribution in [3.05, 3.63) is 0 Å². The fourth-order valence-electron chi connectivity index (χ4n) is 2.44.